The Morgan fingerprint density at radius 1 is 0.904 bits per heavy atom. The molecule has 7 N–H and O–H groups in total. The molecule has 2 unspecified atom stereocenters. The van der Waals surface area contributed by atoms with Crippen molar-refractivity contribution >= 4 is 29.9 Å². The van der Waals surface area contributed by atoms with E-state index in [-0.39, 0.29) is 31.2 Å². The SMILES string of the molecule is CCC(C)[C@H](NC(=O)N(CC(O)[C@H](CC(C)C)NC(=O)[C@H](Cc1c[nH]cn1)NC(=O)[C@H](Cc1ccccc1)NC(=O)OC(C)(C)C)C(C)C)C(=O)O. The first kappa shape index (κ1) is 43.5. The number of carbonyl (C=O) groups is 5. The Labute approximate surface area is 307 Å². The molecule has 0 saturated carbocycles. The summed E-state index contributed by atoms with van der Waals surface area (Å²) in [5, 5.41) is 32.1. The normalized spacial score (nSPS) is 15.1. The van der Waals surface area contributed by atoms with E-state index in [1.165, 1.54) is 11.2 Å². The number of aromatic nitrogens is 2. The fourth-order valence-electron chi connectivity index (χ4n) is 5.46. The standard InChI is InChI=1S/C37H59N7O8/c1-10-24(6)31(34(48)49)43-35(50)44(23(4)5)20-30(45)27(16-22(2)3)40-33(47)29(18-26-19-38-21-39-26)41-32(46)28(17-25-14-12-11-13-15-25)42-36(51)52-37(7,8)9/h11-15,19,21-24,27-31,45H,10,16-18,20H2,1-9H3,(H,38,39)(H,40,47)(H,41,46)(H,42,51)(H,43,50)(H,48,49)/t24?,27-,28-,29-,30?,31-/m0/s1. The molecule has 0 fully saturated rings. The maximum Gasteiger partial charge on any atom is 0.408 e. The van der Waals surface area contributed by atoms with Crippen molar-refractivity contribution in [3.05, 3.63) is 54.1 Å². The van der Waals surface area contributed by atoms with Gasteiger partial charge in [-0.25, -0.2) is 19.4 Å². The van der Waals surface area contributed by atoms with Crippen molar-refractivity contribution in [2.24, 2.45) is 11.8 Å². The van der Waals surface area contributed by atoms with Gasteiger partial charge in [0.25, 0.3) is 0 Å². The number of hydrogen-bond donors (Lipinski definition) is 7. The Hall–Kier alpha value is -4.66. The van der Waals surface area contributed by atoms with Gasteiger partial charge in [0.05, 0.1) is 30.7 Å². The zero-order valence-corrected chi connectivity index (χ0v) is 31.9. The number of alkyl carbamates (subject to hydrolysis) is 1. The number of H-pyrrole nitrogens is 1. The fourth-order valence-corrected chi connectivity index (χ4v) is 5.46. The second kappa shape index (κ2) is 20.4. The van der Waals surface area contributed by atoms with Gasteiger partial charge in [0.15, 0.2) is 0 Å². The van der Waals surface area contributed by atoms with E-state index in [4.69, 9.17) is 4.74 Å². The number of hydrogen-bond acceptors (Lipinski definition) is 8. The van der Waals surface area contributed by atoms with Crippen molar-refractivity contribution in [2.75, 3.05) is 6.54 Å². The molecular weight excluding hydrogens is 670 g/mol. The van der Waals surface area contributed by atoms with Gasteiger partial charge in [-0.05, 0) is 58.4 Å². The number of benzene rings is 1. The number of aromatic amines is 1. The zero-order valence-electron chi connectivity index (χ0n) is 31.9. The number of imidazole rings is 1. The molecule has 6 atom stereocenters. The van der Waals surface area contributed by atoms with E-state index in [9.17, 15) is 34.2 Å². The zero-order chi connectivity index (χ0) is 39.2. The summed E-state index contributed by atoms with van der Waals surface area (Å²) >= 11 is 0. The van der Waals surface area contributed by atoms with Crippen LogP contribution in [0.15, 0.2) is 42.9 Å². The second-order valence-electron chi connectivity index (χ2n) is 14.9. The third-order valence-corrected chi connectivity index (χ3v) is 8.43. The highest BCUT2D eigenvalue weighted by Gasteiger charge is 2.34. The lowest BCUT2D eigenvalue weighted by Gasteiger charge is -2.35. The highest BCUT2D eigenvalue weighted by molar-refractivity contribution is 5.92. The number of aliphatic carboxylic acids is 1. The third kappa shape index (κ3) is 14.9. The van der Waals surface area contributed by atoms with Gasteiger partial charge in [-0.2, -0.15) is 0 Å². The predicted octanol–water partition coefficient (Wildman–Crippen LogP) is 3.38. The molecular formula is C37H59N7O8. The maximum atomic E-state index is 14.0. The van der Waals surface area contributed by atoms with E-state index in [1.54, 1.807) is 47.7 Å². The van der Waals surface area contributed by atoms with Crippen LogP contribution in [0.25, 0.3) is 0 Å². The minimum atomic E-state index is -1.26. The quantitative estimate of drug-likeness (QED) is 0.113. The van der Waals surface area contributed by atoms with Gasteiger partial charge in [0, 0.05) is 25.1 Å². The van der Waals surface area contributed by atoms with E-state index < -0.39 is 71.8 Å². The van der Waals surface area contributed by atoms with E-state index in [0.717, 1.165) is 5.56 Å². The smallest absolute Gasteiger partial charge is 0.408 e. The number of aliphatic hydroxyl groups is 1. The average molecular weight is 730 g/mol. The molecule has 0 aliphatic heterocycles. The summed E-state index contributed by atoms with van der Waals surface area (Å²) < 4.78 is 5.41. The molecule has 0 radical (unpaired) electrons. The molecule has 0 aliphatic rings. The second-order valence-corrected chi connectivity index (χ2v) is 14.9. The molecule has 1 aromatic carbocycles. The maximum absolute atomic E-state index is 14.0. The van der Waals surface area contributed by atoms with Crippen LogP contribution in [-0.2, 0) is 32.0 Å². The van der Waals surface area contributed by atoms with Gasteiger partial charge >= 0.3 is 18.1 Å². The van der Waals surface area contributed by atoms with Gasteiger partial charge in [-0.1, -0.05) is 64.4 Å². The largest absolute Gasteiger partial charge is 0.480 e. The molecule has 15 heteroatoms. The van der Waals surface area contributed by atoms with Crippen LogP contribution in [0.4, 0.5) is 9.59 Å². The van der Waals surface area contributed by atoms with Crippen molar-refractivity contribution < 1.29 is 38.9 Å². The van der Waals surface area contributed by atoms with E-state index >= 15 is 0 Å². The lowest BCUT2D eigenvalue weighted by Crippen LogP contribution is -2.59. The summed E-state index contributed by atoms with van der Waals surface area (Å²) in [6.45, 7) is 15.8. The number of nitrogens with zero attached hydrogens (tertiary/aromatic N) is 2. The summed E-state index contributed by atoms with van der Waals surface area (Å²) in [6.07, 6.45) is 1.95. The van der Waals surface area contributed by atoms with Crippen molar-refractivity contribution in [3.63, 3.8) is 0 Å². The third-order valence-electron chi connectivity index (χ3n) is 8.43. The van der Waals surface area contributed by atoms with Crippen molar-refractivity contribution in [1.82, 2.24) is 36.1 Å². The predicted molar refractivity (Wildman–Crippen MR) is 196 cm³/mol. The molecule has 2 aromatic rings. The van der Waals surface area contributed by atoms with Crippen LogP contribution in [0.5, 0.6) is 0 Å². The van der Waals surface area contributed by atoms with Gasteiger partial charge < -0.3 is 46.1 Å². The number of aliphatic hydroxyl groups excluding tert-OH is 1. The topological polar surface area (TPSA) is 215 Å². The first-order valence-corrected chi connectivity index (χ1v) is 17.9. The molecule has 0 bridgehead atoms. The average Bonchev–Trinajstić information content (AvgIpc) is 3.56. The molecule has 290 valence electrons. The molecule has 0 saturated heterocycles. The van der Waals surface area contributed by atoms with Crippen molar-refractivity contribution in [2.45, 2.75) is 130 Å². The number of rotatable bonds is 19. The number of urea groups is 1. The molecule has 0 spiro atoms. The lowest BCUT2D eigenvalue weighted by molar-refractivity contribution is -0.140. The number of carbonyl (C=O) groups excluding carboxylic acids is 4. The number of carboxylic acid groups (broad SMARTS) is 1. The van der Waals surface area contributed by atoms with Crippen LogP contribution in [0.3, 0.4) is 0 Å². The monoisotopic (exact) mass is 729 g/mol. The molecule has 5 amide bonds. The van der Waals surface area contributed by atoms with Gasteiger partial charge in [0.2, 0.25) is 11.8 Å². The van der Waals surface area contributed by atoms with Crippen LogP contribution in [0, 0.1) is 11.8 Å². The summed E-state index contributed by atoms with van der Waals surface area (Å²) in [4.78, 5) is 74.3. The van der Waals surface area contributed by atoms with Crippen molar-refractivity contribution in [3.8, 4) is 0 Å². The molecule has 15 nitrogen and oxygen atoms in total. The number of ether oxygens (including phenoxy) is 1. The highest BCUT2D eigenvalue weighted by Crippen LogP contribution is 2.15. The Kier molecular flexibility index (Phi) is 17.1. The van der Waals surface area contributed by atoms with E-state index in [0.29, 0.717) is 18.5 Å². The van der Waals surface area contributed by atoms with Crippen LogP contribution in [0.2, 0.25) is 0 Å². The summed E-state index contributed by atoms with van der Waals surface area (Å²) in [5.41, 5.74) is 0.437. The minimum Gasteiger partial charge on any atom is -0.480 e. The lowest BCUT2D eigenvalue weighted by atomic mass is 9.97. The first-order chi connectivity index (χ1) is 24.3. The molecule has 2 rings (SSSR count). The van der Waals surface area contributed by atoms with Crippen LogP contribution in [-0.4, -0.2) is 103 Å². The summed E-state index contributed by atoms with van der Waals surface area (Å²) in [5.74, 6) is -2.73. The summed E-state index contributed by atoms with van der Waals surface area (Å²) in [7, 11) is 0. The highest BCUT2D eigenvalue weighted by atomic mass is 16.6. The van der Waals surface area contributed by atoms with E-state index in [2.05, 4.69) is 31.2 Å². The Morgan fingerprint density at radius 3 is 2.04 bits per heavy atom. The van der Waals surface area contributed by atoms with Gasteiger partial charge in [-0.15, -0.1) is 0 Å². The fraction of sp³-hybridized carbons (Fsp3) is 0.622. The Bertz CT molecular complexity index is 1430. The van der Waals surface area contributed by atoms with Crippen LogP contribution in [0.1, 0.15) is 86.4 Å². The molecule has 1 aromatic heterocycles. The van der Waals surface area contributed by atoms with Crippen LogP contribution >= 0.6 is 0 Å². The molecule has 0 aliphatic carbocycles. The Morgan fingerprint density at radius 2 is 1.52 bits per heavy atom. The Balaban J connectivity index is 2.35. The number of nitrogens with one attached hydrogen (secondary N) is 5. The minimum absolute atomic E-state index is 0.00994. The number of carboxylic acids is 1. The van der Waals surface area contributed by atoms with Crippen molar-refractivity contribution in [1.29, 1.82) is 0 Å². The molecule has 1 heterocycles. The molecule has 52 heavy (non-hydrogen) atoms. The van der Waals surface area contributed by atoms with Gasteiger partial charge in [-0.3, -0.25) is 9.59 Å². The number of amides is 5. The van der Waals surface area contributed by atoms with E-state index in [1.807, 2.05) is 51.1 Å². The summed E-state index contributed by atoms with van der Waals surface area (Å²) in [6, 6.07) is 3.76. The first-order valence-electron chi connectivity index (χ1n) is 17.9. The van der Waals surface area contributed by atoms with Gasteiger partial charge in [0.1, 0.15) is 23.7 Å². The van der Waals surface area contributed by atoms with Crippen LogP contribution < -0.4 is 21.3 Å².